The fraction of sp³-hybridized carbons (Fsp3) is 0.0741. The van der Waals surface area contributed by atoms with Gasteiger partial charge >= 0.3 is 129 Å². The van der Waals surface area contributed by atoms with Crippen molar-refractivity contribution >= 4 is 108 Å². The van der Waals surface area contributed by atoms with E-state index in [0.29, 0.717) is 18.2 Å². The fourth-order valence-corrected chi connectivity index (χ4v) is 8.19. The number of hydrogen-bond acceptors (Lipinski definition) is 22. The molecule has 0 aliphatic carbocycles. The zero-order valence-electron chi connectivity index (χ0n) is 31.0. The molecule has 1 heterocycles. The first-order valence-electron chi connectivity index (χ1n) is 14.4. The summed E-state index contributed by atoms with van der Waals surface area (Å²) in [5.41, 5.74) is -2.39. The molecule has 0 bridgehead atoms. The Labute approximate surface area is 434 Å². The van der Waals surface area contributed by atoms with E-state index in [1.54, 1.807) is 0 Å². The number of fused-ring (bicyclic) bond motifs is 1. The van der Waals surface area contributed by atoms with Crippen molar-refractivity contribution in [2.75, 3.05) is 23.0 Å². The average Bonchev–Trinajstić information content (AvgIpc) is 3.05. The van der Waals surface area contributed by atoms with Crippen molar-refractivity contribution in [1.29, 1.82) is 0 Å². The molecule has 0 aliphatic rings. The van der Waals surface area contributed by atoms with Gasteiger partial charge in [0.2, 0.25) is 17.2 Å². The zero-order valence-corrected chi connectivity index (χ0v) is 43.8. The number of aromatic nitrogens is 3. The van der Waals surface area contributed by atoms with Crippen LogP contribution >= 0.6 is 11.6 Å². The average molecular weight is 984 g/mol. The molecule has 33 heteroatoms. The Bertz CT molecular complexity index is 3030. The van der Waals surface area contributed by atoms with Crippen LogP contribution < -0.4 is 134 Å². The van der Waals surface area contributed by atoms with Gasteiger partial charge in [0.25, 0.3) is 0 Å². The number of anilines is 4. The second kappa shape index (κ2) is 22.3. The summed E-state index contributed by atoms with van der Waals surface area (Å²) in [6.45, 7) is -0.959. The molecule has 60 heavy (non-hydrogen) atoms. The molecule has 0 saturated heterocycles. The molecule has 0 atom stereocenters. The van der Waals surface area contributed by atoms with Crippen molar-refractivity contribution in [3.05, 3.63) is 72.0 Å². The summed E-state index contributed by atoms with van der Waals surface area (Å²) in [7, 11) is -25.3. The van der Waals surface area contributed by atoms with Crippen molar-refractivity contribution in [3.63, 3.8) is 0 Å². The second-order valence-electron chi connectivity index (χ2n) is 10.7. The van der Waals surface area contributed by atoms with Crippen molar-refractivity contribution in [3.8, 4) is 5.75 Å². The Morgan fingerprint density at radius 3 is 1.82 bits per heavy atom. The van der Waals surface area contributed by atoms with Gasteiger partial charge in [-0.1, -0.05) is 23.9 Å². The summed E-state index contributed by atoms with van der Waals surface area (Å²) in [4.78, 5) is 8.01. The molecule has 0 saturated carbocycles. The fourth-order valence-electron chi connectivity index (χ4n) is 4.68. The summed E-state index contributed by atoms with van der Waals surface area (Å²) in [5.74, 6) is -3.46. The van der Waals surface area contributed by atoms with E-state index in [2.05, 4.69) is 40.0 Å². The smallest absolute Gasteiger partial charge is 0.870 e. The number of nitrogens with zero attached hydrogens (tertiary/aromatic N) is 5. The molecule has 3 N–H and O–H groups in total. The van der Waals surface area contributed by atoms with Gasteiger partial charge in [-0.15, -0.1) is 5.11 Å². The van der Waals surface area contributed by atoms with E-state index in [4.69, 9.17) is 16.2 Å². The number of rotatable bonds is 14. The van der Waals surface area contributed by atoms with Crippen LogP contribution in [-0.2, 0) is 54.8 Å². The van der Waals surface area contributed by atoms with E-state index < -0.39 is 128 Å². The van der Waals surface area contributed by atoms with Crippen molar-refractivity contribution < 1.29 is 188 Å². The number of para-hydroxylation sites is 1. The first kappa shape index (κ1) is 57.0. The predicted octanol–water partition coefficient (Wildman–Crippen LogP) is -10.0. The van der Waals surface area contributed by atoms with Crippen LogP contribution in [0.1, 0.15) is 0 Å². The molecule has 5 aromatic rings. The molecule has 23 nitrogen and oxygen atoms in total. The molecule has 298 valence electrons. The summed E-state index contributed by atoms with van der Waals surface area (Å²) < 4.78 is 168. The van der Waals surface area contributed by atoms with E-state index in [0.717, 1.165) is 30.3 Å². The second-order valence-corrected chi connectivity index (χ2v) is 18.4. The van der Waals surface area contributed by atoms with Crippen LogP contribution in [0.5, 0.6) is 5.75 Å². The SMILES string of the molecule is O=S(=O)(O)OCCS(=O)(=O)c1ccccc1Nc1nc(Cl)nc(Nc2cc(S(=O)(=O)[O-])cc3cc(S(=O)(=O)[O-])c(N=Nc4cccc(S(=O)(=O)[O-])c4)c([O-])c23)n1.[Na+].[Na+].[Na+].[Na+]. The zero-order chi connectivity index (χ0) is 41.4. The Morgan fingerprint density at radius 1 is 0.667 bits per heavy atom. The summed E-state index contributed by atoms with van der Waals surface area (Å²) in [6, 6.07) is 10.5. The number of sulfone groups is 1. The van der Waals surface area contributed by atoms with Gasteiger partial charge in [-0.25, -0.2) is 37.9 Å². The molecule has 4 aromatic carbocycles. The molecule has 0 fully saturated rings. The molecule has 0 unspecified atom stereocenters. The van der Waals surface area contributed by atoms with Gasteiger partial charge in [-0.3, -0.25) is 4.55 Å². The van der Waals surface area contributed by atoms with E-state index >= 15 is 0 Å². The van der Waals surface area contributed by atoms with Gasteiger partial charge in [0.05, 0.1) is 49.0 Å². The van der Waals surface area contributed by atoms with Crippen molar-refractivity contribution in [2.45, 2.75) is 19.6 Å². The number of azo groups is 1. The summed E-state index contributed by atoms with van der Waals surface area (Å²) >= 11 is 6.06. The van der Waals surface area contributed by atoms with Gasteiger partial charge in [-0.05, 0) is 70.9 Å². The maximum absolute atomic E-state index is 13.9. The van der Waals surface area contributed by atoms with E-state index in [1.165, 1.54) is 18.2 Å². The first-order valence-corrected chi connectivity index (χ1v) is 22.0. The number of hydrogen-bond donors (Lipinski definition) is 3. The van der Waals surface area contributed by atoms with Crippen LogP contribution in [0.25, 0.3) is 10.8 Å². The number of benzene rings is 4. The monoisotopic (exact) mass is 983 g/mol. The largest absolute Gasteiger partial charge is 1.00 e. The maximum atomic E-state index is 13.9. The minimum Gasteiger partial charge on any atom is -0.870 e. The third-order valence-corrected chi connectivity index (χ3v) is 11.8. The van der Waals surface area contributed by atoms with E-state index in [9.17, 15) is 60.9 Å². The molecular weight excluding hydrogens is 966 g/mol. The van der Waals surface area contributed by atoms with E-state index in [-0.39, 0.29) is 130 Å². The van der Waals surface area contributed by atoms with Crippen LogP contribution in [0.15, 0.2) is 96.5 Å². The Morgan fingerprint density at radius 2 is 1.25 bits per heavy atom. The molecule has 0 aliphatic heterocycles. The van der Waals surface area contributed by atoms with Crippen molar-refractivity contribution in [1.82, 2.24) is 15.0 Å². The maximum Gasteiger partial charge on any atom is 1.00 e. The molecule has 1 aromatic heterocycles. The van der Waals surface area contributed by atoms with Crippen LogP contribution in [0.4, 0.5) is 34.6 Å². The molecule has 0 amide bonds. The van der Waals surface area contributed by atoms with Gasteiger partial charge in [0.15, 0.2) is 9.84 Å². The minimum absolute atomic E-state index is 0. The van der Waals surface area contributed by atoms with Crippen LogP contribution in [-0.4, -0.2) is 87.6 Å². The number of halogens is 1. The first-order chi connectivity index (χ1) is 25.8. The Kier molecular flexibility index (Phi) is 21.1. The topological polar surface area (TPSA) is 380 Å². The van der Waals surface area contributed by atoms with Crippen LogP contribution in [0.3, 0.4) is 0 Å². The molecule has 0 radical (unpaired) electrons. The summed E-state index contributed by atoms with van der Waals surface area (Å²) in [5, 5.41) is 24.1. The van der Waals surface area contributed by atoms with Crippen LogP contribution in [0, 0.1) is 0 Å². The van der Waals surface area contributed by atoms with Gasteiger partial charge in [-0.2, -0.15) is 28.5 Å². The standard InChI is InChI=1S/C27H22ClN7O16S5.4Na/c28-25-31-26(29-18-6-1-2-7-20(18)52(37,38)9-8-51-56(48,49)50)33-27(32-25)30-19-13-17(54(42,43)44)10-14-11-21(55(45,46)47)23(24(36)22(14)19)35-34-15-4-3-5-16(12-15)53(39,40)41;;;;/h1-7,10-13,36H,8-9H2,(H,39,40,41)(H,42,43,44)(H,45,46,47)(H,48,49,50)(H2,29,30,31,32,33);;;;/q;4*+1/p-4. The van der Waals surface area contributed by atoms with Crippen molar-refractivity contribution in [2.24, 2.45) is 10.2 Å². The van der Waals surface area contributed by atoms with E-state index in [1.807, 2.05) is 0 Å². The third-order valence-electron chi connectivity index (χ3n) is 6.94. The minimum atomic E-state index is -5.61. The summed E-state index contributed by atoms with van der Waals surface area (Å²) in [6.07, 6.45) is 0. The van der Waals surface area contributed by atoms with Gasteiger partial charge in [0, 0.05) is 5.69 Å². The Balaban J connectivity index is 0.00000450. The quantitative estimate of drug-likeness (QED) is 0.0528. The van der Waals surface area contributed by atoms with Crippen LogP contribution in [0.2, 0.25) is 5.28 Å². The third kappa shape index (κ3) is 15.0. The molecule has 5 rings (SSSR count). The molecule has 0 spiro atoms. The Hall–Kier alpha value is -1.01. The number of nitrogens with one attached hydrogen (secondary N) is 2. The normalized spacial score (nSPS) is 12.1. The predicted molar refractivity (Wildman–Crippen MR) is 185 cm³/mol. The van der Waals surface area contributed by atoms with Gasteiger partial charge < -0.3 is 29.4 Å². The van der Waals surface area contributed by atoms with Gasteiger partial charge in [0.1, 0.15) is 30.4 Å². The molecular formula is C27H18ClN7Na4O16S5.